The Hall–Kier alpha value is -0.980. The monoisotopic (exact) mass is 257 g/mol. The maximum absolute atomic E-state index is 11.8. The summed E-state index contributed by atoms with van der Waals surface area (Å²) in [5.74, 6) is -0.196. The fourth-order valence-electron chi connectivity index (χ4n) is 1.03. The van der Waals surface area contributed by atoms with Crippen molar-refractivity contribution in [3.05, 3.63) is 11.1 Å². The third-order valence-electron chi connectivity index (χ3n) is 2.68. The fourth-order valence-corrected chi connectivity index (χ4v) is 1.83. The number of rotatable bonds is 5. The SMILES string of the molecule is CNC(C)c1csc(NC(=O)C(C)(C)OC)n1. The van der Waals surface area contributed by atoms with E-state index in [9.17, 15) is 4.79 Å². The van der Waals surface area contributed by atoms with Crippen LogP contribution in [0.25, 0.3) is 0 Å². The molecule has 1 aromatic rings. The van der Waals surface area contributed by atoms with E-state index in [4.69, 9.17) is 4.74 Å². The van der Waals surface area contributed by atoms with Gasteiger partial charge in [0.1, 0.15) is 5.60 Å². The van der Waals surface area contributed by atoms with Crippen LogP contribution in [0.1, 0.15) is 32.5 Å². The summed E-state index contributed by atoms with van der Waals surface area (Å²) in [6, 6.07) is 0.173. The van der Waals surface area contributed by atoms with Crippen molar-refractivity contribution < 1.29 is 9.53 Å². The van der Waals surface area contributed by atoms with Crippen LogP contribution in [0.4, 0.5) is 5.13 Å². The molecule has 0 fully saturated rings. The molecule has 1 aromatic heterocycles. The normalized spacial score (nSPS) is 13.5. The number of methoxy groups -OCH3 is 1. The van der Waals surface area contributed by atoms with Crippen LogP contribution < -0.4 is 10.6 Å². The van der Waals surface area contributed by atoms with Crippen molar-refractivity contribution >= 4 is 22.4 Å². The molecule has 0 bridgehead atoms. The van der Waals surface area contributed by atoms with Gasteiger partial charge in [0.2, 0.25) is 0 Å². The standard InChI is InChI=1S/C11H19N3O2S/c1-7(12-4)8-6-17-10(13-8)14-9(15)11(2,3)16-5/h6-7,12H,1-5H3,(H,13,14,15). The molecule has 0 spiro atoms. The van der Waals surface area contributed by atoms with Crippen LogP contribution in [0.2, 0.25) is 0 Å². The zero-order chi connectivity index (χ0) is 13.1. The van der Waals surface area contributed by atoms with E-state index < -0.39 is 5.60 Å². The van der Waals surface area contributed by atoms with E-state index >= 15 is 0 Å². The van der Waals surface area contributed by atoms with Crippen molar-refractivity contribution in [3.63, 3.8) is 0 Å². The summed E-state index contributed by atoms with van der Waals surface area (Å²) < 4.78 is 5.10. The van der Waals surface area contributed by atoms with Gasteiger partial charge in [-0.15, -0.1) is 11.3 Å². The third-order valence-corrected chi connectivity index (χ3v) is 3.45. The van der Waals surface area contributed by atoms with Gasteiger partial charge in [0.25, 0.3) is 5.91 Å². The van der Waals surface area contributed by atoms with E-state index in [1.165, 1.54) is 18.4 Å². The Balaban J connectivity index is 2.70. The second kappa shape index (κ2) is 5.57. The van der Waals surface area contributed by atoms with E-state index in [2.05, 4.69) is 15.6 Å². The number of nitrogens with zero attached hydrogens (tertiary/aromatic N) is 1. The van der Waals surface area contributed by atoms with Gasteiger partial charge in [-0.2, -0.15) is 0 Å². The highest BCUT2D eigenvalue weighted by Crippen LogP contribution is 2.21. The molecule has 0 saturated carbocycles. The number of hydrogen-bond acceptors (Lipinski definition) is 5. The van der Waals surface area contributed by atoms with Crippen LogP contribution in [0.15, 0.2) is 5.38 Å². The number of carbonyl (C=O) groups is 1. The van der Waals surface area contributed by atoms with Gasteiger partial charge in [-0.05, 0) is 27.8 Å². The van der Waals surface area contributed by atoms with Gasteiger partial charge in [0, 0.05) is 18.5 Å². The maximum atomic E-state index is 11.8. The highest BCUT2D eigenvalue weighted by atomic mass is 32.1. The van der Waals surface area contributed by atoms with Gasteiger partial charge in [0.05, 0.1) is 5.69 Å². The third kappa shape index (κ3) is 3.49. The molecule has 1 unspecified atom stereocenters. The molecule has 0 aliphatic carbocycles. The predicted molar refractivity (Wildman–Crippen MR) is 69.3 cm³/mol. The maximum Gasteiger partial charge on any atom is 0.257 e. The number of anilines is 1. The Bertz CT molecular complexity index is 390. The number of amides is 1. The quantitative estimate of drug-likeness (QED) is 0.844. The number of nitrogens with one attached hydrogen (secondary N) is 2. The number of aromatic nitrogens is 1. The molecule has 96 valence electrons. The average molecular weight is 257 g/mol. The van der Waals surface area contributed by atoms with Crippen molar-refractivity contribution in [2.75, 3.05) is 19.5 Å². The lowest BCUT2D eigenvalue weighted by Gasteiger charge is -2.20. The van der Waals surface area contributed by atoms with E-state index in [0.717, 1.165) is 5.69 Å². The van der Waals surface area contributed by atoms with Gasteiger partial charge >= 0.3 is 0 Å². The number of carbonyl (C=O) groups excluding carboxylic acids is 1. The fraction of sp³-hybridized carbons (Fsp3) is 0.636. The van der Waals surface area contributed by atoms with Crippen LogP contribution >= 0.6 is 11.3 Å². The molecule has 1 amide bonds. The molecular formula is C11H19N3O2S. The van der Waals surface area contributed by atoms with Crippen molar-refractivity contribution in [3.8, 4) is 0 Å². The Morgan fingerprint density at radius 3 is 2.76 bits per heavy atom. The molecular weight excluding hydrogens is 238 g/mol. The largest absolute Gasteiger partial charge is 0.369 e. The Morgan fingerprint density at radius 1 is 1.59 bits per heavy atom. The molecule has 1 atom stereocenters. The Kier molecular flexibility index (Phi) is 4.62. The summed E-state index contributed by atoms with van der Waals surface area (Å²) in [6.45, 7) is 5.44. The predicted octanol–water partition coefficient (Wildman–Crippen LogP) is 1.79. The molecule has 0 saturated heterocycles. The number of thiazole rings is 1. The van der Waals surface area contributed by atoms with Gasteiger partial charge in [-0.1, -0.05) is 0 Å². The minimum atomic E-state index is -0.847. The lowest BCUT2D eigenvalue weighted by atomic mass is 10.1. The highest BCUT2D eigenvalue weighted by Gasteiger charge is 2.27. The van der Waals surface area contributed by atoms with E-state index in [1.807, 2.05) is 19.4 Å². The first kappa shape index (κ1) is 14.1. The molecule has 0 aliphatic heterocycles. The average Bonchev–Trinajstić information content (AvgIpc) is 2.76. The minimum Gasteiger partial charge on any atom is -0.369 e. The van der Waals surface area contributed by atoms with Gasteiger partial charge < -0.3 is 10.1 Å². The van der Waals surface area contributed by atoms with Crippen molar-refractivity contribution in [2.45, 2.75) is 32.4 Å². The van der Waals surface area contributed by atoms with E-state index in [1.54, 1.807) is 13.8 Å². The summed E-state index contributed by atoms with van der Waals surface area (Å²) in [5, 5.41) is 8.37. The van der Waals surface area contributed by atoms with Gasteiger partial charge in [-0.25, -0.2) is 4.98 Å². The summed E-state index contributed by atoms with van der Waals surface area (Å²) in [5.41, 5.74) is 0.0727. The van der Waals surface area contributed by atoms with Crippen molar-refractivity contribution in [2.24, 2.45) is 0 Å². The lowest BCUT2D eigenvalue weighted by Crippen LogP contribution is -2.38. The molecule has 6 heteroatoms. The summed E-state index contributed by atoms with van der Waals surface area (Å²) in [4.78, 5) is 16.2. The Morgan fingerprint density at radius 2 is 2.24 bits per heavy atom. The first-order valence-electron chi connectivity index (χ1n) is 5.40. The lowest BCUT2D eigenvalue weighted by molar-refractivity contribution is -0.133. The molecule has 0 aromatic carbocycles. The molecule has 0 radical (unpaired) electrons. The smallest absolute Gasteiger partial charge is 0.257 e. The van der Waals surface area contributed by atoms with Crippen LogP contribution in [0.5, 0.6) is 0 Å². The Labute approximate surface area is 106 Å². The summed E-state index contributed by atoms with van der Waals surface area (Å²) >= 11 is 1.41. The number of ether oxygens (including phenoxy) is 1. The van der Waals surface area contributed by atoms with Gasteiger partial charge in [0.15, 0.2) is 5.13 Å². The highest BCUT2D eigenvalue weighted by molar-refractivity contribution is 7.13. The van der Waals surface area contributed by atoms with Crippen molar-refractivity contribution in [1.29, 1.82) is 0 Å². The number of hydrogen-bond donors (Lipinski definition) is 2. The van der Waals surface area contributed by atoms with Crippen LogP contribution in [-0.4, -0.2) is 30.6 Å². The molecule has 1 rings (SSSR count). The molecule has 1 heterocycles. The first-order chi connectivity index (χ1) is 7.90. The molecule has 5 nitrogen and oxygen atoms in total. The van der Waals surface area contributed by atoms with Crippen LogP contribution in [0.3, 0.4) is 0 Å². The van der Waals surface area contributed by atoms with E-state index in [-0.39, 0.29) is 11.9 Å². The second-order valence-electron chi connectivity index (χ2n) is 4.26. The summed E-state index contributed by atoms with van der Waals surface area (Å²) in [6.07, 6.45) is 0. The molecule has 0 aliphatic rings. The topological polar surface area (TPSA) is 63.2 Å². The summed E-state index contributed by atoms with van der Waals surface area (Å²) in [7, 11) is 3.38. The molecule has 2 N–H and O–H groups in total. The zero-order valence-corrected chi connectivity index (χ0v) is 11.6. The second-order valence-corrected chi connectivity index (χ2v) is 5.11. The first-order valence-corrected chi connectivity index (χ1v) is 6.28. The molecule has 17 heavy (non-hydrogen) atoms. The van der Waals surface area contributed by atoms with E-state index in [0.29, 0.717) is 5.13 Å². The van der Waals surface area contributed by atoms with Gasteiger partial charge in [-0.3, -0.25) is 10.1 Å². The van der Waals surface area contributed by atoms with Crippen LogP contribution in [-0.2, 0) is 9.53 Å². The van der Waals surface area contributed by atoms with Crippen molar-refractivity contribution in [1.82, 2.24) is 10.3 Å². The minimum absolute atomic E-state index is 0.173. The zero-order valence-electron chi connectivity index (χ0n) is 10.8. The van der Waals surface area contributed by atoms with Crippen LogP contribution in [0, 0.1) is 0 Å².